The highest BCUT2D eigenvalue weighted by atomic mass is 15.2. The van der Waals surface area contributed by atoms with E-state index in [2.05, 4.69) is 62.2 Å². The predicted molar refractivity (Wildman–Crippen MR) is 82.5 cm³/mol. The van der Waals surface area contributed by atoms with Gasteiger partial charge in [-0.1, -0.05) is 43.2 Å². The summed E-state index contributed by atoms with van der Waals surface area (Å²) < 4.78 is 0. The third-order valence-corrected chi connectivity index (χ3v) is 4.39. The van der Waals surface area contributed by atoms with E-state index in [0.717, 1.165) is 6.54 Å². The molecule has 1 fully saturated rings. The van der Waals surface area contributed by atoms with E-state index in [9.17, 15) is 0 Å². The summed E-state index contributed by atoms with van der Waals surface area (Å²) in [6, 6.07) is 10.8. The second-order valence-corrected chi connectivity index (χ2v) is 6.03. The van der Waals surface area contributed by atoms with Gasteiger partial charge in [-0.05, 0) is 32.8 Å². The number of aryl methyl sites for hydroxylation is 1. The Morgan fingerprint density at radius 3 is 2.63 bits per heavy atom. The van der Waals surface area contributed by atoms with Crippen LogP contribution in [0.4, 0.5) is 0 Å². The van der Waals surface area contributed by atoms with Gasteiger partial charge in [0.1, 0.15) is 0 Å². The lowest BCUT2D eigenvalue weighted by atomic mass is 9.99. The second-order valence-electron chi connectivity index (χ2n) is 6.03. The third-order valence-electron chi connectivity index (χ3n) is 4.39. The average Bonchev–Trinajstić information content (AvgIpc) is 2.41. The Hall–Kier alpha value is -0.860. The Labute approximate surface area is 118 Å². The van der Waals surface area contributed by atoms with Gasteiger partial charge in [0.15, 0.2) is 0 Å². The van der Waals surface area contributed by atoms with Crippen LogP contribution in [0.5, 0.6) is 0 Å². The summed E-state index contributed by atoms with van der Waals surface area (Å²) in [5.41, 5.74) is 2.78. The van der Waals surface area contributed by atoms with Crippen LogP contribution in [0.25, 0.3) is 0 Å². The molecule has 2 nitrogen and oxygen atoms in total. The van der Waals surface area contributed by atoms with E-state index in [-0.39, 0.29) is 0 Å². The molecule has 1 aliphatic heterocycles. The Balaban J connectivity index is 2.07. The monoisotopic (exact) mass is 260 g/mol. The molecule has 0 spiro atoms. The van der Waals surface area contributed by atoms with E-state index in [1.807, 2.05) is 0 Å². The van der Waals surface area contributed by atoms with Crippen molar-refractivity contribution in [3.63, 3.8) is 0 Å². The summed E-state index contributed by atoms with van der Waals surface area (Å²) in [5.74, 6) is 0. The first-order valence-electron chi connectivity index (χ1n) is 7.67. The summed E-state index contributed by atoms with van der Waals surface area (Å²) in [5, 5.41) is 3.67. The van der Waals surface area contributed by atoms with E-state index in [4.69, 9.17) is 0 Å². The standard InChI is InChI=1S/C17H28N2/c1-5-6-17-12-19(14(3)11-18-17)15(4)16-9-7-13(2)8-10-16/h7-10,14-15,17-18H,5-6,11-12H2,1-4H3. The predicted octanol–water partition coefficient (Wildman–Crippen LogP) is 3.52. The van der Waals surface area contributed by atoms with Crippen molar-refractivity contribution in [2.24, 2.45) is 0 Å². The molecular formula is C17H28N2. The maximum atomic E-state index is 3.67. The summed E-state index contributed by atoms with van der Waals surface area (Å²) >= 11 is 0. The Morgan fingerprint density at radius 1 is 1.32 bits per heavy atom. The summed E-state index contributed by atoms with van der Waals surface area (Å²) in [7, 11) is 0. The van der Waals surface area contributed by atoms with Gasteiger partial charge >= 0.3 is 0 Å². The molecule has 0 aromatic heterocycles. The van der Waals surface area contributed by atoms with Crippen molar-refractivity contribution in [2.75, 3.05) is 13.1 Å². The van der Waals surface area contributed by atoms with E-state index in [1.165, 1.54) is 30.5 Å². The first-order chi connectivity index (χ1) is 9.11. The van der Waals surface area contributed by atoms with Crippen molar-refractivity contribution in [3.05, 3.63) is 35.4 Å². The summed E-state index contributed by atoms with van der Waals surface area (Å²) in [4.78, 5) is 2.65. The number of rotatable bonds is 4. The molecular weight excluding hydrogens is 232 g/mol. The molecule has 3 unspecified atom stereocenters. The Morgan fingerprint density at radius 2 is 2.00 bits per heavy atom. The zero-order chi connectivity index (χ0) is 13.8. The maximum absolute atomic E-state index is 3.67. The van der Waals surface area contributed by atoms with Crippen LogP contribution in [0.1, 0.15) is 50.8 Å². The van der Waals surface area contributed by atoms with Gasteiger partial charge in [-0.25, -0.2) is 0 Å². The second kappa shape index (κ2) is 6.53. The maximum Gasteiger partial charge on any atom is 0.0323 e. The number of hydrogen-bond acceptors (Lipinski definition) is 2. The van der Waals surface area contributed by atoms with Gasteiger partial charge in [0.25, 0.3) is 0 Å². The minimum absolute atomic E-state index is 0.511. The molecule has 1 aliphatic rings. The molecule has 1 aromatic carbocycles. The highest BCUT2D eigenvalue weighted by molar-refractivity contribution is 5.24. The van der Waals surface area contributed by atoms with Crippen LogP contribution in [-0.2, 0) is 0 Å². The van der Waals surface area contributed by atoms with Crippen LogP contribution >= 0.6 is 0 Å². The summed E-state index contributed by atoms with van der Waals surface area (Å²) in [6.07, 6.45) is 2.54. The quantitative estimate of drug-likeness (QED) is 0.891. The molecule has 1 saturated heterocycles. The molecule has 0 amide bonds. The lowest BCUT2D eigenvalue weighted by Gasteiger charge is -2.42. The molecule has 2 heteroatoms. The van der Waals surface area contributed by atoms with Gasteiger partial charge in [0, 0.05) is 31.2 Å². The van der Waals surface area contributed by atoms with Crippen LogP contribution in [0.2, 0.25) is 0 Å². The first-order valence-corrected chi connectivity index (χ1v) is 7.67. The topological polar surface area (TPSA) is 15.3 Å². The Bertz CT molecular complexity index is 385. The van der Waals surface area contributed by atoms with Crippen molar-refractivity contribution in [1.29, 1.82) is 0 Å². The van der Waals surface area contributed by atoms with Gasteiger partial charge in [0.05, 0.1) is 0 Å². The van der Waals surface area contributed by atoms with Crippen LogP contribution in [0.3, 0.4) is 0 Å². The van der Waals surface area contributed by atoms with E-state index < -0.39 is 0 Å². The average molecular weight is 260 g/mol. The van der Waals surface area contributed by atoms with Gasteiger partial charge in [-0.3, -0.25) is 4.90 Å². The molecule has 1 N–H and O–H groups in total. The smallest absolute Gasteiger partial charge is 0.0323 e. The van der Waals surface area contributed by atoms with Crippen molar-refractivity contribution in [1.82, 2.24) is 10.2 Å². The minimum atomic E-state index is 0.511. The molecule has 19 heavy (non-hydrogen) atoms. The van der Waals surface area contributed by atoms with Gasteiger partial charge in [-0.15, -0.1) is 0 Å². The van der Waals surface area contributed by atoms with Crippen molar-refractivity contribution in [3.8, 4) is 0 Å². The minimum Gasteiger partial charge on any atom is -0.311 e. The molecule has 0 bridgehead atoms. The van der Waals surface area contributed by atoms with Gasteiger partial charge in [-0.2, -0.15) is 0 Å². The molecule has 0 aliphatic carbocycles. The lowest BCUT2D eigenvalue weighted by Crippen LogP contribution is -2.55. The fourth-order valence-electron chi connectivity index (χ4n) is 3.07. The molecule has 1 aromatic rings. The van der Waals surface area contributed by atoms with Crippen molar-refractivity contribution in [2.45, 2.75) is 58.7 Å². The largest absolute Gasteiger partial charge is 0.311 e. The number of benzene rings is 1. The Kier molecular flexibility index (Phi) is 5.00. The number of piperazine rings is 1. The van der Waals surface area contributed by atoms with Crippen LogP contribution < -0.4 is 5.32 Å². The fourth-order valence-corrected chi connectivity index (χ4v) is 3.07. The van der Waals surface area contributed by atoms with Gasteiger partial charge in [0.2, 0.25) is 0 Å². The van der Waals surface area contributed by atoms with E-state index in [0.29, 0.717) is 18.1 Å². The SMILES string of the molecule is CCCC1CN(C(C)c2ccc(C)cc2)C(C)CN1. The lowest BCUT2D eigenvalue weighted by molar-refractivity contribution is 0.0959. The third kappa shape index (κ3) is 3.58. The van der Waals surface area contributed by atoms with Crippen LogP contribution in [-0.4, -0.2) is 30.1 Å². The molecule has 0 saturated carbocycles. The van der Waals surface area contributed by atoms with Crippen LogP contribution in [0, 0.1) is 6.92 Å². The van der Waals surface area contributed by atoms with Crippen molar-refractivity contribution < 1.29 is 0 Å². The highest BCUT2D eigenvalue weighted by Gasteiger charge is 2.28. The van der Waals surface area contributed by atoms with Gasteiger partial charge < -0.3 is 5.32 Å². The van der Waals surface area contributed by atoms with E-state index in [1.54, 1.807) is 0 Å². The molecule has 1 heterocycles. The number of nitrogens with zero attached hydrogens (tertiary/aromatic N) is 1. The molecule has 2 rings (SSSR count). The number of hydrogen-bond donors (Lipinski definition) is 1. The molecule has 106 valence electrons. The molecule has 0 radical (unpaired) electrons. The molecule has 3 atom stereocenters. The van der Waals surface area contributed by atoms with Crippen molar-refractivity contribution >= 4 is 0 Å². The number of nitrogens with one attached hydrogen (secondary N) is 1. The van der Waals surface area contributed by atoms with E-state index >= 15 is 0 Å². The zero-order valence-corrected chi connectivity index (χ0v) is 12.8. The normalized spacial score (nSPS) is 26.3. The van der Waals surface area contributed by atoms with Crippen LogP contribution in [0.15, 0.2) is 24.3 Å². The first kappa shape index (κ1) is 14.5. The highest BCUT2D eigenvalue weighted by Crippen LogP contribution is 2.25. The zero-order valence-electron chi connectivity index (χ0n) is 12.8. The fraction of sp³-hybridized carbons (Fsp3) is 0.647. The summed E-state index contributed by atoms with van der Waals surface area (Å²) in [6.45, 7) is 11.4.